The molecule has 5 nitrogen and oxygen atoms in total. The van der Waals surface area contributed by atoms with E-state index >= 15 is 0 Å². The molecule has 0 aliphatic heterocycles. The summed E-state index contributed by atoms with van der Waals surface area (Å²) in [5.74, 6) is -0.673. The van der Waals surface area contributed by atoms with Crippen LogP contribution in [-0.4, -0.2) is 32.2 Å². The Kier molecular flexibility index (Phi) is 5.42. The first-order valence-electron chi connectivity index (χ1n) is 5.93. The fourth-order valence-electron chi connectivity index (χ4n) is 1.67. The van der Waals surface area contributed by atoms with E-state index in [-0.39, 0.29) is 5.57 Å². The molecule has 0 aromatic heterocycles. The second-order valence-electron chi connectivity index (χ2n) is 4.10. The molecule has 5 heteroatoms. The number of hydrogen-bond acceptors (Lipinski definition) is 5. The fraction of sp³-hybridized carbons (Fsp3) is 0.538. The molecule has 0 aromatic rings. The average Bonchev–Trinajstić information content (AvgIpc) is 3.15. The first-order chi connectivity index (χ1) is 8.63. The summed E-state index contributed by atoms with van der Waals surface area (Å²) in [6.45, 7) is 2.16. The maximum Gasteiger partial charge on any atom is 0.345 e. The van der Waals surface area contributed by atoms with Crippen LogP contribution in [-0.2, 0) is 19.1 Å². The monoisotopic (exact) mass is 253 g/mol. The van der Waals surface area contributed by atoms with Gasteiger partial charge in [0, 0.05) is 6.04 Å². The van der Waals surface area contributed by atoms with E-state index in [0.29, 0.717) is 6.04 Å². The highest BCUT2D eigenvalue weighted by atomic mass is 16.5. The lowest BCUT2D eigenvalue weighted by Crippen LogP contribution is -2.15. The summed E-state index contributed by atoms with van der Waals surface area (Å²) in [4.78, 5) is 22.6. The molecular formula is C13H19NO4. The van der Waals surface area contributed by atoms with E-state index in [4.69, 9.17) is 0 Å². The lowest BCUT2D eigenvalue weighted by molar-refractivity contribution is -0.144. The van der Waals surface area contributed by atoms with Gasteiger partial charge in [-0.25, -0.2) is 9.59 Å². The second-order valence-corrected chi connectivity index (χ2v) is 4.10. The molecule has 1 aliphatic carbocycles. The predicted molar refractivity (Wildman–Crippen MR) is 66.6 cm³/mol. The molecule has 1 rings (SSSR count). The van der Waals surface area contributed by atoms with Gasteiger partial charge in [0.15, 0.2) is 0 Å². The Morgan fingerprint density at radius 3 is 2.33 bits per heavy atom. The van der Waals surface area contributed by atoms with Gasteiger partial charge in [-0.3, -0.25) is 0 Å². The SMILES string of the molecule is CC[C@@H]1C[C@H]1N/C=C/C=C(C(=O)OC)C(=O)OC. The molecule has 100 valence electrons. The third-order valence-corrected chi connectivity index (χ3v) is 2.93. The van der Waals surface area contributed by atoms with Crippen LogP contribution < -0.4 is 5.32 Å². The van der Waals surface area contributed by atoms with Gasteiger partial charge in [0.2, 0.25) is 0 Å². The van der Waals surface area contributed by atoms with E-state index in [1.165, 1.54) is 26.7 Å². The number of nitrogens with one attached hydrogen (secondary N) is 1. The maximum absolute atomic E-state index is 11.3. The van der Waals surface area contributed by atoms with Crippen LogP contribution in [0.5, 0.6) is 0 Å². The van der Waals surface area contributed by atoms with Crippen molar-refractivity contribution in [3.8, 4) is 0 Å². The van der Waals surface area contributed by atoms with E-state index in [1.807, 2.05) is 0 Å². The van der Waals surface area contributed by atoms with Gasteiger partial charge >= 0.3 is 11.9 Å². The van der Waals surface area contributed by atoms with Crippen molar-refractivity contribution in [2.24, 2.45) is 5.92 Å². The molecule has 1 fully saturated rings. The van der Waals surface area contributed by atoms with Gasteiger partial charge in [0.1, 0.15) is 5.57 Å². The molecule has 0 saturated heterocycles. The topological polar surface area (TPSA) is 64.6 Å². The highest BCUT2D eigenvalue weighted by Crippen LogP contribution is 2.32. The molecule has 0 spiro atoms. The molecule has 1 aliphatic rings. The lowest BCUT2D eigenvalue weighted by atomic mass is 10.2. The van der Waals surface area contributed by atoms with Crippen molar-refractivity contribution in [3.05, 3.63) is 23.9 Å². The second kappa shape index (κ2) is 6.83. The summed E-state index contributed by atoms with van der Waals surface area (Å²) >= 11 is 0. The first kappa shape index (κ1) is 14.3. The molecule has 18 heavy (non-hydrogen) atoms. The molecule has 0 aromatic carbocycles. The summed E-state index contributed by atoms with van der Waals surface area (Å²) in [5, 5.41) is 3.20. The van der Waals surface area contributed by atoms with Crippen LogP contribution in [0.1, 0.15) is 19.8 Å². The third kappa shape index (κ3) is 3.91. The smallest absolute Gasteiger partial charge is 0.345 e. The van der Waals surface area contributed by atoms with Gasteiger partial charge in [0.25, 0.3) is 0 Å². The number of rotatable bonds is 6. The van der Waals surface area contributed by atoms with E-state index in [9.17, 15) is 9.59 Å². The summed E-state index contributed by atoms with van der Waals surface area (Å²) in [6, 6.07) is 0.513. The van der Waals surface area contributed by atoms with Crippen molar-refractivity contribution in [2.75, 3.05) is 14.2 Å². The van der Waals surface area contributed by atoms with Crippen molar-refractivity contribution in [1.82, 2.24) is 5.32 Å². The number of methoxy groups -OCH3 is 2. The van der Waals surface area contributed by atoms with E-state index in [1.54, 1.807) is 12.3 Å². The Labute approximate surface area is 107 Å². The van der Waals surface area contributed by atoms with Gasteiger partial charge < -0.3 is 14.8 Å². The largest absolute Gasteiger partial charge is 0.465 e. The van der Waals surface area contributed by atoms with Gasteiger partial charge in [0.05, 0.1) is 14.2 Å². The number of carbonyl (C=O) groups is 2. The Bertz CT molecular complexity index is 355. The Morgan fingerprint density at radius 2 is 1.89 bits per heavy atom. The lowest BCUT2D eigenvalue weighted by Gasteiger charge is -2.01. The molecule has 0 radical (unpaired) electrons. The van der Waals surface area contributed by atoms with Crippen LogP contribution in [0.4, 0.5) is 0 Å². The van der Waals surface area contributed by atoms with E-state index < -0.39 is 11.9 Å². The molecular weight excluding hydrogens is 234 g/mol. The highest BCUT2D eigenvalue weighted by molar-refractivity contribution is 6.14. The molecule has 0 bridgehead atoms. The number of ether oxygens (including phenoxy) is 2. The standard InChI is InChI=1S/C13H19NO4/c1-4-9-8-11(9)14-7-5-6-10(12(15)17-2)13(16)18-3/h5-7,9,11,14H,4,8H2,1-3H3/b7-5+/t9-,11-/m1/s1. The maximum atomic E-state index is 11.3. The molecule has 0 heterocycles. The van der Waals surface area contributed by atoms with Crippen LogP contribution in [0.3, 0.4) is 0 Å². The number of allylic oxidation sites excluding steroid dienone is 2. The molecule has 2 atom stereocenters. The zero-order valence-electron chi connectivity index (χ0n) is 10.9. The van der Waals surface area contributed by atoms with Gasteiger partial charge in [-0.1, -0.05) is 13.3 Å². The van der Waals surface area contributed by atoms with Crippen LogP contribution >= 0.6 is 0 Å². The predicted octanol–water partition coefficient (Wildman–Crippen LogP) is 1.16. The van der Waals surface area contributed by atoms with Crippen molar-refractivity contribution in [2.45, 2.75) is 25.8 Å². The van der Waals surface area contributed by atoms with Crippen molar-refractivity contribution < 1.29 is 19.1 Å². The number of carbonyl (C=O) groups excluding carboxylic acids is 2. The Balaban J connectivity index is 2.52. The van der Waals surface area contributed by atoms with E-state index in [2.05, 4.69) is 21.7 Å². The van der Waals surface area contributed by atoms with Crippen LogP contribution in [0.25, 0.3) is 0 Å². The average molecular weight is 253 g/mol. The summed E-state index contributed by atoms with van der Waals surface area (Å²) in [5.41, 5.74) is -0.124. The molecule has 1 saturated carbocycles. The number of hydrogen-bond donors (Lipinski definition) is 1. The third-order valence-electron chi connectivity index (χ3n) is 2.93. The minimum Gasteiger partial charge on any atom is -0.465 e. The summed E-state index contributed by atoms with van der Waals surface area (Å²) < 4.78 is 9.00. The van der Waals surface area contributed by atoms with Crippen LogP contribution in [0, 0.1) is 5.92 Å². The zero-order valence-corrected chi connectivity index (χ0v) is 10.9. The normalized spacial score (nSPS) is 21.3. The van der Waals surface area contributed by atoms with E-state index in [0.717, 1.165) is 12.3 Å². The quantitative estimate of drug-likeness (QED) is 0.253. The minimum absolute atomic E-state index is 0.124. The van der Waals surface area contributed by atoms with Crippen LogP contribution in [0.15, 0.2) is 23.9 Å². The summed E-state index contributed by atoms with van der Waals surface area (Å²) in [7, 11) is 2.44. The van der Waals surface area contributed by atoms with Gasteiger partial charge in [-0.15, -0.1) is 0 Å². The minimum atomic E-state index is -0.704. The highest BCUT2D eigenvalue weighted by Gasteiger charge is 2.33. The van der Waals surface area contributed by atoms with Gasteiger partial charge in [-0.05, 0) is 30.7 Å². The summed E-state index contributed by atoms with van der Waals surface area (Å²) in [6.07, 6.45) is 7.05. The van der Waals surface area contributed by atoms with Gasteiger partial charge in [-0.2, -0.15) is 0 Å². The first-order valence-corrected chi connectivity index (χ1v) is 5.93. The van der Waals surface area contributed by atoms with Crippen molar-refractivity contribution in [3.63, 3.8) is 0 Å². The fourth-order valence-corrected chi connectivity index (χ4v) is 1.67. The van der Waals surface area contributed by atoms with Crippen molar-refractivity contribution in [1.29, 1.82) is 0 Å². The van der Waals surface area contributed by atoms with Crippen LogP contribution in [0.2, 0.25) is 0 Å². The number of esters is 2. The van der Waals surface area contributed by atoms with Crippen molar-refractivity contribution >= 4 is 11.9 Å². The zero-order chi connectivity index (χ0) is 13.5. The molecule has 1 N–H and O–H groups in total. The molecule has 0 unspecified atom stereocenters. The Morgan fingerprint density at radius 1 is 1.28 bits per heavy atom. The Hall–Kier alpha value is -1.78. The molecule has 0 amide bonds.